The average Bonchev–Trinajstić information content (AvgIpc) is 2.84. The van der Waals surface area contributed by atoms with Crippen molar-refractivity contribution in [1.29, 1.82) is 0 Å². The minimum atomic E-state index is -1.19. The van der Waals surface area contributed by atoms with Gasteiger partial charge in [-0.15, -0.1) is 0 Å². The highest BCUT2D eigenvalue weighted by atomic mass is 19.2. The van der Waals surface area contributed by atoms with Crippen LogP contribution in [0, 0.1) is 17.5 Å². The molecule has 0 unspecified atom stereocenters. The van der Waals surface area contributed by atoms with Crippen LogP contribution in [0.25, 0.3) is 0 Å². The molecule has 0 amide bonds. The van der Waals surface area contributed by atoms with E-state index in [1.165, 1.54) is 0 Å². The second-order valence-corrected chi connectivity index (χ2v) is 4.76. The summed E-state index contributed by atoms with van der Waals surface area (Å²) >= 11 is 0. The van der Waals surface area contributed by atoms with Gasteiger partial charge in [-0.1, -0.05) is 12.2 Å². The van der Waals surface area contributed by atoms with E-state index in [0.29, 0.717) is 32.1 Å². The Morgan fingerprint density at radius 3 is 2.37 bits per heavy atom. The molecule has 0 bridgehead atoms. The van der Waals surface area contributed by atoms with Gasteiger partial charge in [-0.3, -0.25) is 0 Å². The van der Waals surface area contributed by atoms with Crippen molar-refractivity contribution < 1.29 is 22.6 Å². The van der Waals surface area contributed by atoms with Gasteiger partial charge < -0.3 is 9.47 Å². The second-order valence-electron chi connectivity index (χ2n) is 4.76. The Morgan fingerprint density at radius 2 is 1.63 bits per heavy atom. The van der Waals surface area contributed by atoms with Crippen molar-refractivity contribution in [3.63, 3.8) is 0 Å². The van der Waals surface area contributed by atoms with Gasteiger partial charge in [0.25, 0.3) is 0 Å². The number of benzene rings is 1. The van der Waals surface area contributed by atoms with Crippen LogP contribution in [-0.4, -0.2) is 19.0 Å². The van der Waals surface area contributed by atoms with Crippen molar-refractivity contribution >= 4 is 0 Å². The third-order valence-electron chi connectivity index (χ3n) is 3.66. The fraction of sp³-hybridized carbons (Fsp3) is 0.429. The third-order valence-corrected chi connectivity index (χ3v) is 3.66. The summed E-state index contributed by atoms with van der Waals surface area (Å²) in [6.07, 6.45) is 4.74. The van der Waals surface area contributed by atoms with Crippen LogP contribution in [0.2, 0.25) is 0 Å². The van der Waals surface area contributed by atoms with Crippen LogP contribution in [0.4, 0.5) is 13.2 Å². The SMILES string of the molecule is Fc1cc(F)c([C@@H]2CC=CCC23OCCO3)cc1F. The summed E-state index contributed by atoms with van der Waals surface area (Å²) < 4.78 is 51.5. The van der Waals surface area contributed by atoms with E-state index in [1.807, 2.05) is 12.2 Å². The van der Waals surface area contributed by atoms with Gasteiger partial charge in [0.05, 0.1) is 13.2 Å². The van der Waals surface area contributed by atoms with Gasteiger partial charge in [-0.05, 0) is 18.1 Å². The molecule has 1 saturated heterocycles. The van der Waals surface area contributed by atoms with Crippen LogP contribution in [0.15, 0.2) is 24.3 Å². The van der Waals surface area contributed by atoms with Crippen molar-refractivity contribution in [3.05, 3.63) is 47.3 Å². The molecule has 1 aliphatic carbocycles. The Balaban J connectivity index is 2.04. The maximum absolute atomic E-state index is 13.9. The Kier molecular flexibility index (Phi) is 3.11. The maximum Gasteiger partial charge on any atom is 0.179 e. The molecule has 19 heavy (non-hydrogen) atoms. The molecule has 5 heteroatoms. The lowest BCUT2D eigenvalue weighted by Crippen LogP contribution is -2.39. The van der Waals surface area contributed by atoms with E-state index >= 15 is 0 Å². The Hall–Kier alpha value is -1.33. The normalized spacial score (nSPS) is 25.1. The lowest BCUT2D eigenvalue weighted by molar-refractivity contribution is -0.175. The number of hydrogen-bond donors (Lipinski definition) is 0. The molecule has 1 spiro atoms. The highest BCUT2D eigenvalue weighted by Gasteiger charge is 2.46. The van der Waals surface area contributed by atoms with E-state index in [4.69, 9.17) is 9.47 Å². The highest BCUT2D eigenvalue weighted by molar-refractivity contribution is 5.28. The van der Waals surface area contributed by atoms with Crippen LogP contribution in [0.5, 0.6) is 0 Å². The molecule has 0 N–H and O–H groups in total. The van der Waals surface area contributed by atoms with E-state index in [0.717, 1.165) is 6.07 Å². The second kappa shape index (κ2) is 4.65. The number of ether oxygens (including phenoxy) is 2. The number of rotatable bonds is 1. The lowest BCUT2D eigenvalue weighted by Gasteiger charge is -2.37. The van der Waals surface area contributed by atoms with E-state index in [1.54, 1.807) is 0 Å². The minimum absolute atomic E-state index is 0.102. The van der Waals surface area contributed by atoms with Gasteiger partial charge in [0.2, 0.25) is 0 Å². The molecule has 1 aliphatic heterocycles. The molecule has 3 rings (SSSR count). The van der Waals surface area contributed by atoms with Crippen molar-refractivity contribution in [3.8, 4) is 0 Å². The first-order valence-electron chi connectivity index (χ1n) is 6.20. The summed E-state index contributed by atoms with van der Waals surface area (Å²) in [5.74, 6) is -4.42. The maximum atomic E-state index is 13.9. The van der Waals surface area contributed by atoms with Crippen LogP contribution in [-0.2, 0) is 9.47 Å². The Labute approximate surface area is 108 Å². The van der Waals surface area contributed by atoms with Crippen molar-refractivity contribution in [1.82, 2.24) is 0 Å². The van der Waals surface area contributed by atoms with Crippen molar-refractivity contribution in [2.75, 3.05) is 13.2 Å². The summed E-state index contributed by atoms with van der Waals surface area (Å²) in [5, 5.41) is 0. The first-order valence-corrected chi connectivity index (χ1v) is 6.20. The van der Waals surface area contributed by atoms with Gasteiger partial charge in [-0.2, -0.15) is 0 Å². The summed E-state index contributed by atoms with van der Waals surface area (Å²) in [5.41, 5.74) is 0.102. The molecular weight excluding hydrogens is 257 g/mol. The first kappa shape index (κ1) is 12.7. The van der Waals surface area contributed by atoms with E-state index < -0.39 is 29.2 Å². The van der Waals surface area contributed by atoms with E-state index in [-0.39, 0.29) is 5.56 Å². The predicted molar refractivity (Wildman–Crippen MR) is 62.1 cm³/mol. The van der Waals surface area contributed by atoms with Crippen LogP contribution >= 0.6 is 0 Å². The molecule has 1 heterocycles. The Morgan fingerprint density at radius 1 is 0.947 bits per heavy atom. The number of hydrogen-bond acceptors (Lipinski definition) is 2. The molecule has 1 aromatic rings. The summed E-state index contributed by atoms with van der Waals surface area (Å²) in [6.45, 7) is 0.852. The van der Waals surface area contributed by atoms with Crippen LogP contribution in [0.1, 0.15) is 24.3 Å². The quantitative estimate of drug-likeness (QED) is 0.576. The van der Waals surface area contributed by atoms with Gasteiger partial charge in [0.15, 0.2) is 17.4 Å². The summed E-state index contributed by atoms with van der Waals surface area (Å²) in [4.78, 5) is 0. The molecule has 1 fully saturated rings. The van der Waals surface area contributed by atoms with Crippen LogP contribution < -0.4 is 0 Å². The van der Waals surface area contributed by atoms with E-state index in [9.17, 15) is 13.2 Å². The van der Waals surface area contributed by atoms with Gasteiger partial charge in [0, 0.05) is 18.4 Å². The molecule has 102 valence electrons. The zero-order valence-corrected chi connectivity index (χ0v) is 10.2. The fourth-order valence-corrected chi connectivity index (χ4v) is 2.76. The summed E-state index contributed by atoms with van der Waals surface area (Å²) in [6, 6.07) is 1.48. The molecule has 1 atom stereocenters. The molecule has 1 aromatic carbocycles. The van der Waals surface area contributed by atoms with Gasteiger partial charge >= 0.3 is 0 Å². The fourth-order valence-electron chi connectivity index (χ4n) is 2.76. The number of allylic oxidation sites excluding steroid dienone is 1. The standard InChI is InChI=1S/C14H13F3O2/c15-11-8-13(17)12(16)7-9(11)10-3-1-2-4-14(10)18-5-6-19-14/h1-2,7-8,10H,3-6H2/t10-/m0/s1. The zero-order valence-electron chi connectivity index (χ0n) is 10.2. The summed E-state index contributed by atoms with van der Waals surface area (Å²) in [7, 11) is 0. The highest BCUT2D eigenvalue weighted by Crippen LogP contribution is 2.44. The number of halogens is 3. The average molecular weight is 270 g/mol. The third kappa shape index (κ3) is 2.07. The molecule has 2 aliphatic rings. The molecule has 2 nitrogen and oxygen atoms in total. The first-order chi connectivity index (χ1) is 9.12. The molecule has 0 saturated carbocycles. The largest absolute Gasteiger partial charge is 0.347 e. The minimum Gasteiger partial charge on any atom is -0.347 e. The lowest BCUT2D eigenvalue weighted by atomic mass is 9.82. The smallest absolute Gasteiger partial charge is 0.179 e. The van der Waals surface area contributed by atoms with Crippen LogP contribution in [0.3, 0.4) is 0 Å². The van der Waals surface area contributed by atoms with E-state index in [2.05, 4.69) is 0 Å². The molecule has 0 aromatic heterocycles. The van der Waals surface area contributed by atoms with Crippen molar-refractivity contribution in [2.45, 2.75) is 24.5 Å². The van der Waals surface area contributed by atoms with Crippen molar-refractivity contribution in [2.24, 2.45) is 0 Å². The topological polar surface area (TPSA) is 18.5 Å². The van der Waals surface area contributed by atoms with Gasteiger partial charge in [-0.25, -0.2) is 13.2 Å². The Bertz CT molecular complexity index is 522. The van der Waals surface area contributed by atoms with Gasteiger partial charge in [0.1, 0.15) is 5.82 Å². The monoisotopic (exact) mass is 270 g/mol. The predicted octanol–water partition coefficient (Wildman–Crippen LogP) is 3.28. The zero-order chi connectivity index (χ0) is 13.5. The molecule has 0 radical (unpaired) electrons. The molecular formula is C14H13F3O2.